The van der Waals surface area contributed by atoms with Gasteiger partial charge < -0.3 is 15.2 Å². The van der Waals surface area contributed by atoms with Gasteiger partial charge in [0.1, 0.15) is 6.10 Å². The minimum absolute atomic E-state index is 0.0131. The fraction of sp³-hybridized carbons (Fsp3) is 0.538. The van der Waals surface area contributed by atoms with Gasteiger partial charge in [-0.3, -0.25) is 0 Å². The molecule has 3 nitrogen and oxygen atoms in total. The molecule has 0 aromatic heterocycles. The number of hydrogen-bond donors (Lipinski definition) is 1. The number of benzene rings is 1. The van der Waals surface area contributed by atoms with E-state index in [1.54, 1.807) is 0 Å². The number of nitrogens with two attached hydrogens (primary N) is 1. The third kappa shape index (κ3) is 2.61. The summed E-state index contributed by atoms with van der Waals surface area (Å²) in [4.78, 5) is 0. The fourth-order valence-electron chi connectivity index (χ4n) is 1.95. The van der Waals surface area contributed by atoms with Crippen molar-refractivity contribution >= 4 is 0 Å². The molecule has 1 aromatic rings. The van der Waals surface area contributed by atoms with Gasteiger partial charge in [0.25, 0.3) is 0 Å². The first-order valence-corrected chi connectivity index (χ1v) is 5.85. The summed E-state index contributed by atoms with van der Waals surface area (Å²) in [6, 6.07) is 8.29. The molecule has 0 radical (unpaired) electrons. The first kappa shape index (κ1) is 11.6. The van der Waals surface area contributed by atoms with E-state index in [0.717, 1.165) is 12.0 Å². The first-order chi connectivity index (χ1) is 7.81. The number of rotatable bonds is 3. The maximum atomic E-state index is 6.19. The van der Waals surface area contributed by atoms with Crippen molar-refractivity contribution < 1.29 is 9.47 Å². The van der Waals surface area contributed by atoms with Crippen LogP contribution >= 0.6 is 0 Å². The maximum absolute atomic E-state index is 6.19. The molecular weight excluding hydrogens is 202 g/mol. The molecule has 1 fully saturated rings. The zero-order valence-corrected chi connectivity index (χ0v) is 9.69. The fourth-order valence-corrected chi connectivity index (χ4v) is 1.95. The van der Waals surface area contributed by atoms with Crippen LogP contribution in [0, 0.1) is 0 Å². The average molecular weight is 221 g/mol. The van der Waals surface area contributed by atoms with E-state index in [1.807, 2.05) is 0 Å². The van der Waals surface area contributed by atoms with Crippen LogP contribution in [0.3, 0.4) is 0 Å². The summed E-state index contributed by atoms with van der Waals surface area (Å²) in [5.74, 6) is 0. The molecule has 2 unspecified atom stereocenters. The normalized spacial score (nSPS) is 23.0. The van der Waals surface area contributed by atoms with Crippen molar-refractivity contribution in [2.75, 3.05) is 19.8 Å². The second kappa shape index (κ2) is 5.43. The maximum Gasteiger partial charge on any atom is 0.100 e. The lowest BCUT2D eigenvalue weighted by molar-refractivity contribution is -0.0975. The molecule has 16 heavy (non-hydrogen) atoms. The Morgan fingerprint density at radius 1 is 1.44 bits per heavy atom. The van der Waals surface area contributed by atoms with Gasteiger partial charge in [0.2, 0.25) is 0 Å². The average Bonchev–Trinajstić information content (AvgIpc) is 2.39. The van der Waals surface area contributed by atoms with E-state index in [4.69, 9.17) is 15.2 Å². The molecular formula is C13H19NO2. The molecule has 2 rings (SSSR count). The molecule has 0 amide bonds. The zero-order valence-electron chi connectivity index (χ0n) is 9.69. The van der Waals surface area contributed by atoms with Gasteiger partial charge in [-0.1, -0.05) is 31.2 Å². The number of ether oxygens (including phenoxy) is 2. The van der Waals surface area contributed by atoms with Crippen LogP contribution in [-0.2, 0) is 15.9 Å². The molecule has 0 bridgehead atoms. The van der Waals surface area contributed by atoms with Gasteiger partial charge in [0, 0.05) is 0 Å². The van der Waals surface area contributed by atoms with Crippen LogP contribution in [0.2, 0.25) is 0 Å². The van der Waals surface area contributed by atoms with Crippen molar-refractivity contribution in [3.8, 4) is 0 Å². The molecule has 2 N–H and O–H groups in total. The smallest absolute Gasteiger partial charge is 0.100 e. The summed E-state index contributed by atoms with van der Waals surface area (Å²) < 4.78 is 11.0. The van der Waals surface area contributed by atoms with Crippen molar-refractivity contribution in [1.82, 2.24) is 0 Å². The third-order valence-electron chi connectivity index (χ3n) is 2.99. The Kier molecular flexibility index (Phi) is 3.93. The standard InChI is InChI=1S/C13H19NO2/c1-2-10-4-3-5-11(8-10)13(14)12-9-15-6-7-16-12/h3-5,8,12-13H,2,6-7,9,14H2,1H3. The second-order valence-corrected chi connectivity index (χ2v) is 4.11. The first-order valence-electron chi connectivity index (χ1n) is 5.85. The van der Waals surface area contributed by atoms with Crippen molar-refractivity contribution in [3.63, 3.8) is 0 Å². The van der Waals surface area contributed by atoms with Crippen LogP contribution in [0.25, 0.3) is 0 Å². The van der Waals surface area contributed by atoms with Gasteiger partial charge in [-0.2, -0.15) is 0 Å². The van der Waals surface area contributed by atoms with Crippen molar-refractivity contribution in [3.05, 3.63) is 35.4 Å². The van der Waals surface area contributed by atoms with Gasteiger partial charge in [0.05, 0.1) is 25.9 Å². The van der Waals surface area contributed by atoms with Crippen LogP contribution < -0.4 is 5.73 Å². The predicted molar refractivity (Wildman–Crippen MR) is 63.3 cm³/mol. The molecule has 0 aliphatic carbocycles. The van der Waals surface area contributed by atoms with E-state index < -0.39 is 0 Å². The van der Waals surface area contributed by atoms with E-state index in [0.29, 0.717) is 19.8 Å². The van der Waals surface area contributed by atoms with Crippen molar-refractivity contribution in [2.24, 2.45) is 5.73 Å². The summed E-state index contributed by atoms with van der Waals surface area (Å²) in [5, 5.41) is 0. The van der Waals surface area contributed by atoms with E-state index in [-0.39, 0.29) is 12.1 Å². The summed E-state index contributed by atoms with van der Waals surface area (Å²) >= 11 is 0. The molecule has 1 heterocycles. The monoisotopic (exact) mass is 221 g/mol. The lowest BCUT2D eigenvalue weighted by atomic mass is 9.99. The largest absolute Gasteiger partial charge is 0.376 e. The highest BCUT2D eigenvalue weighted by Gasteiger charge is 2.23. The molecule has 0 spiro atoms. The van der Waals surface area contributed by atoms with Gasteiger partial charge in [-0.25, -0.2) is 0 Å². The summed E-state index contributed by atoms with van der Waals surface area (Å²) in [6.45, 7) is 4.06. The highest BCUT2D eigenvalue weighted by atomic mass is 16.6. The van der Waals surface area contributed by atoms with E-state index in [1.165, 1.54) is 5.56 Å². The summed E-state index contributed by atoms with van der Waals surface area (Å²) in [5.41, 5.74) is 8.63. The molecule has 1 aliphatic heterocycles. The Labute approximate surface area is 96.5 Å². The highest BCUT2D eigenvalue weighted by molar-refractivity contribution is 5.26. The molecule has 2 atom stereocenters. The SMILES string of the molecule is CCc1cccc(C(N)C2COCCO2)c1. The van der Waals surface area contributed by atoms with Crippen LogP contribution in [-0.4, -0.2) is 25.9 Å². The minimum Gasteiger partial charge on any atom is -0.376 e. The molecule has 1 aliphatic rings. The van der Waals surface area contributed by atoms with Crippen molar-refractivity contribution in [1.29, 1.82) is 0 Å². The van der Waals surface area contributed by atoms with Gasteiger partial charge in [-0.15, -0.1) is 0 Å². The van der Waals surface area contributed by atoms with Gasteiger partial charge >= 0.3 is 0 Å². The molecule has 1 aromatic carbocycles. The molecule has 88 valence electrons. The Morgan fingerprint density at radius 3 is 3.00 bits per heavy atom. The van der Waals surface area contributed by atoms with E-state index in [9.17, 15) is 0 Å². The van der Waals surface area contributed by atoms with Crippen molar-refractivity contribution in [2.45, 2.75) is 25.5 Å². The Bertz CT molecular complexity index is 334. The number of hydrogen-bond acceptors (Lipinski definition) is 3. The van der Waals surface area contributed by atoms with Crippen LogP contribution in [0.1, 0.15) is 24.1 Å². The summed E-state index contributed by atoms with van der Waals surface area (Å²) in [6.07, 6.45) is 1.02. The Morgan fingerprint density at radius 2 is 2.31 bits per heavy atom. The number of aryl methyl sites for hydroxylation is 1. The van der Waals surface area contributed by atoms with E-state index >= 15 is 0 Å². The third-order valence-corrected chi connectivity index (χ3v) is 2.99. The van der Waals surface area contributed by atoms with E-state index in [2.05, 4.69) is 31.2 Å². The molecule has 0 saturated carbocycles. The molecule has 3 heteroatoms. The van der Waals surface area contributed by atoms with Crippen LogP contribution in [0.5, 0.6) is 0 Å². The zero-order chi connectivity index (χ0) is 11.4. The Balaban J connectivity index is 2.09. The lowest BCUT2D eigenvalue weighted by Crippen LogP contribution is -2.37. The van der Waals surface area contributed by atoms with Crippen LogP contribution in [0.4, 0.5) is 0 Å². The topological polar surface area (TPSA) is 44.5 Å². The molecule has 1 saturated heterocycles. The summed E-state index contributed by atoms with van der Waals surface area (Å²) in [7, 11) is 0. The lowest BCUT2D eigenvalue weighted by Gasteiger charge is -2.28. The second-order valence-electron chi connectivity index (χ2n) is 4.11. The van der Waals surface area contributed by atoms with Gasteiger partial charge in [-0.05, 0) is 17.5 Å². The quantitative estimate of drug-likeness (QED) is 0.844. The van der Waals surface area contributed by atoms with Crippen LogP contribution in [0.15, 0.2) is 24.3 Å². The Hall–Kier alpha value is -0.900. The highest BCUT2D eigenvalue weighted by Crippen LogP contribution is 2.20. The minimum atomic E-state index is -0.0909. The van der Waals surface area contributed by atoms with Gasteiger partial charge in [0.15, 0.2) is 0 Å². The predicted octanol–water partition coefficient (Wildman–Crippen LogP) is 1.66.